The van der Waals surface area contributed by atoms with Crippen molar-refractivity contribution in [1.29, 1.82) is 0 Å². The van der Waals surface area contributed by atoms with E-state index in [1.54, 1.807) is 0 Å². The zero-order valence-corrected chi connectivity index (χ0v) is 12.4. The highest BCUT2D eigenvalue weighted by atomic mass is 79.9. The van der Waals surface area contributed by atoms with Crippen LogP contribution >= 0.6 is 15.9 Å². The van der Waals surface area contributed by atoms with Gasteiger partial charge in [0.05, 0.1) is 6.42 Å². The van der Waals surface area contributed by atoms with Crippen LogP contribution in [0.1, 0.15) is 16.7 Å². The van der Waals surface area contributed by atoms with E-state index < -0.39 is 0 Å². The van der Waals surface area contributed by atoms with Crippen molar-refractivity contribution in [2.24, 2.45) is 0 Å². The van der Waals surface area contributed by atoms with E-state index in [9.17, 15) is 4.79 Å². The predicted octanol–water partition coefficient (Wildman–Crippen LogP) is 3.62. The SMILES string of the molecule is Cc1cccc(CC(=O)NCc2ccccc2Br)c1. The average Bonchev–Trinajstić information content (AvgIpc) is 2.38. The summed E-state index contributed by atoms with van der Waals surface area (Å²) in [5, 5.41) is 2.94. The van der Waals surface area contributed by atoms with Gasteiger partial charge in [-0.1, -0.05) is 64.0 Å². The molecule has 0 spiro atoms. The van der Waals surface area contributed by atoms with Gasteiger partial charge in [-0.2, -0.15) is 0 Å². The number of halogens is 1. The summed E-state index contributed by atoms with van der Waals surface area (Å²) < 4.78 is 1.02. The van der Waals surface area contributed by atoms with Crippen molar-refractivity contribution in [3.8, 4) is 0 Å². The number of amides is 1. The maximum atomic E-state index is 11.9. The molecule has 98 valence electrons. The molecule has 0 aliphatic heterocycles. The second-order valence-electron chi connectivity index (χ2n) is 4.53. The number of rotatable bonds is 4. The minimum atomic E-state index is 0.0429. The fourth-order valence-corrected chi connectivity index (χ4v) is 2.33. The van der Waals surface area contributed by atoms with Crippen molar-refractivity contribution in [3.63, 3.8) is 0 Å². The molecule has 0 aromatic heterocycles. The highest BCUT2D eigenvalue weighted by Crippen LogP contribution is 2.15. The van der Waals surface area contributed by atoms with Gasteiger partial charge in [-0.05, 0) is 24.1 Å². The van der Waals surface area contributed by atoms with Gasteiger partial charge in [-0.3, -0.25) is 4.79 Å². The van der Waals surface area contributed by atoms with Crippen molar-refractivity contribution < 1.29 is 4.79 Å². The maximum Gasteiger partial charge on any atom is 0.224 e. The molecule has 0 saturated carbocycles. The van der Waals surface area contributed by atoms with E-state index in [0.717, 1.165) is 15.6 Å². The quantitative estimate of drug-likeness (QED) is 0.917. The minimum Gasteiger partial charge on any atom is -0.352 e. The molecular formula is C16H16BrNO. The van der Waals surface area contributed by atoms with Crippen molar-refractivity contribution in [2.75, 3.05) is 0 Å². The molecule has 0 aliphatic carbocycles. The third-order valence-electron chi connectivity index (χ3n) is 2.88. The highest BCUT2D eigenvalue weighted by Gasteiger charge is 2.04. The summed E-state index contributed by atoms with van der Waals surface area (Å²) in [7, 11) is 0. The Kier molecular flexibility index (Phi) is 4.74. The molecule has 0 fully saturated rings. The monoisotopic (exact) mass is 317 g/mol. The Morgan fingerprint density at radius 1 is 1.16 bits per heavy atom. The molecule has 0 saturated heterocycles. The molecule has 2 aromatic rings. The predicted molar refractivity (Wildman–Crippen MR) is 80.9 cm³/mol. The van der Waals surface area contributed by atoms with Crippen LogP contribution in [0.2, 0.25) is 0 Å². The van der Waals surface area contributed by atoms with E-state index in [-0.39, 0.29) is 5.91 Å². The topological polar surface area (TPSA) is 29.1 Å². The van der Waals surface area contributed by atoms with Crippen LogP contribution in [0.5, 0.6) is 0 Å². The van der Waals surface area contributed by atoms with Crippen molar-refractivity contribution in [1.82, 2.24) is 5.32 Å². The summed E-state index contributed by atoms with van der Waals surface area (Å²) >= 11 is 3.47. The molecule has 0 bridgehead atoms. The summed E-state index contributed by atoms with van der Waals surface area (Å²) in [6.07, 6.45) is 0.423. The minimum absolute atomic E-state index is 0.0429. The fourth-order valence-electron chi connectivity index (χ4n) is 1.91. The number of nitrogens with one attached hydrogen (secondary N) is 1. The van der Waals surface area contributed by atoms with Gasteiger partial charge in [0.1, 0.15) is 0 Å². The van der Waals surface area contributed by atoms with Gasteiger partial charge >= 0.3 is 0 Å². The Morgan fingerprint density at radius 3 is 2.68 bits per heavy atom. The molecule has 0 heterocycles. The molecule has 0 radical (unpaired) electrons. The fraction of sp³-hybridized carbons (Fsp3) is 0.188. The first-order valence-electron chi connectivity index (χ1n) is 6.21. The van der Waals surface area contributed by atoms with Crippen molar-refractivity contribution >= 4 is 21.8 Å². The lowest BCUT2D eigenvalue weighted by Gasteiger charge is -2.07. The Hall–Kier alpha value is -1.61. The van der Waals surface area contributed by atoms with E-state index in [4.69, 9.17) is 0 Å². The van der Waals surface area contributed by atoms with E-state index in [1.807, 2.05) is 55.5 Å². The largest absolute Gasteiger partial charge is 0.352 e. The number of benzene rings is 2. The van der Waals surface area contributed by atoms with Crippen LogP contribution < -0.4 is 5.32 Å². The summed E-state index contributed by atoms with van der Waals surface area (Å²) in [6.45, 7) is 2.58. The highest BCUT2D eigenvalue weighted by molar-refractivity contribution is 9.10. The number of hydrogen-bond acceptors (Lipinski definition) is 1. The summed E-state index contributed by atoms with van der Waals surface area (Å²) in [6, 6.07) is 15.9. The molecule has 2 rings (SSSR count). The first-order chi connectivity index (χ1) is 9.15. The third kappa shape index (κ3) is 4.21. The van der Waals surface area contributed by atoms with Crippen LogP contribution in [0.4, 0.5) is 0 Å². The molecule has 3 heteroatoms. The lowest BCUT2D eigenvalue weighted by atomic mass is 10.1. The van der Waals surface area contributed by atoms with Crippen molar-refractivity contribution in [3.05, 3.63) is 69.7 Å². The Morgan fingerprint density at radius 2 is 1.95 bits per heavy atom. The number of hydrogen-bond donors (Lipinski definition) is 1. The van der Waals surface area contributed by atoms with Gasteiger partial charge in [-0.15, -0.1) is 0 Å². The van der Waals surface area contributed by atoms with Gasteiger partial charge in [0.15, 0.2) is 0 Å². The van der Waals surface area contributed by atoms with Crippen LogP contribution in [0.25, 0.3) is 0 Å². The van der Waals surface area contributed by atoms with Crippen LogP contribution in [0, 0.1) is 6.92 Å². The Bertz CT molecular complexity index is 580. The normalized spacial score (nSPS) is 10.2. The van der Waals surface area contributed by atoms with Gasteiger partial charge in [0, 0.05) is 11.0 Å². The van der Waals surface area contributed by atoms with Crippen LogP contribution in [-0.4, -0.2) is 5.91 Å². The van der Waals surface area contributed by atoms with E-state index in [1.165, 1.54) is 5.56 Å². The van der Waals surface area contributed by atoms with Gasteiger partial charge in [-0.25, -0.2) is 0 Å². The molecule has 1 N–H and O–H groups in total. The molecule has 2 nitrogen and oxygen atoms in total. The summed E-state index contributed by atoms with van der Waals surface area (Å²) in [5.41, 5.74) is 3.31. The Balaban J connectivity index is 1.90. The number of carbonyl (C=O) groups excluding carboxylic acids is 1. The van der Waals surface area contributed by atoms with Gasteiger partial charge < -0.3 is 5.32 Å². The smallest absolute Gasteiger partial charge is 0.224 e. The second kappa shape index (κ2) is 6.53. The average molecular weight is 318 g/mol. The zero-order chi connectivity index (χ0) is 13.7. The molecular weight excluding hydrogens is 302 g/mol. The summed E-state index contributed by atoms with van der Waals surface area (Å²) in [4.78, 5) is 11.9. The van der Waals surface area contributed by atoms with Crippen LogP contribution in [-0.2, 0) is 17.8 Å². The maximum absolute atomic E-state index is 11.9. The molecule has 19 heavy (non-hydrogen) atoms. The number of carbonyl (C=O) groups is 1. The standard InChI is InChI=1S/C16H16BrNO/c1-12-5-4-6-13(9-12)10-16(19)18-11-14-7-2-3-8-15(14)17/h2-9H,10-11H2,1H3,(H,18,19). The van der Waals surface area contributed by atoms with Gasteiger partial charge in [0.2, 0.25) is 5.91 Å². The molecule has 0 unspecified atom stereocenters. The van der Waals surface area contributed by atoms with Gasteiger partial charge in [0.25, 0.3) is 0 Å². The lowest BCUT2D eigenvalue weighted by molar-refractivity contribution is -0.120. The van der Waals surface area contributed by atoms with Crippen molar-refractivity contribution in [2.45, 2.75) is 19.9 Å². The Labute approximate surface area is 122 Å². The lowest BCUT2D eigenvalue weighted by Crippen LogP contribution is -2.24. The second-order valence-corrected chi connectivity index (χ2v) is 5.39. The molecule has 0 atom stereocenters. The van der Waals surface area contributed by atoms with E-state index in [2.05, 4.69) is 21.2 Å². The van der Waals surface area contributed by atoms with E-state index >= 15 is 0 Å². The molecule has 0 aliphatic rings. The zero-order valence-electron chi connectivity index (χ0n) is 10.8. The summed E-state index contributed by atoms with van der Waals surface area (Å²) in [5.74, 6) is 0.0429. The number of aryl methyl sites for hydroxylation is 1. The van der Waals surface area contributed by atoms with Crippen LogP contribution in [0.15, 0.2) is 53.0 Å². The molecule has 1 amide bonds. The first kappa shape index (κ1) is 13.8. The molecule has 2 aromatic carbocycles. The van der Waals surface area contributed by atoms with E-state index in [0.29, 0.717) is 13.0 Å². The first-order valence-corrected chi connectivity index (χ1v) is 7.00. The third-order valence-corrected chi connectivity index (χ3v) is 3.65. The van der Waals surface area contributed by atoms with Crippen LogP contribution in [0.3, 0.4) is 0 Å².